The smallest absolute Gasteiger partial charge is 0.251 e. The zero-order chi connectivity index (χ0) is 17.6. The van der Waals surface area contributed by atoms with Crippen LogP contribution in [0.5, 0.6) is 0 Å². The topological polar surface area (TPSA) is 71.1 Å². The van der Waals surface area contributed by atoms with Gasteiger partial charge < -0.3 is 10.6 Å². The number of carbonyl (C=O) groups is 2. The van der Waals surface area contributed by atoms with Crippen molar-refractivity contribution in [3.8, 4) is 0 Å². The second-order valence-corrected chi connectivity index (χ2v) is 5.66. The molecule has 5 heteroatoms. The van der Waals surface area contributed by atoms with E-state index in [9.17, 15) is 9.59 Å². The third-order valence-electron chi connectivity index (χ3n) is 3.81. The van der Waals surface area contributed by atoms with Crippen molar-refractivity contribution < 1.29 is 9.59 Å². The summed E-state index contributed by atoms with van der Waals surface area (Å²) in [7, 11) is 0. The van der Waals surface area contributed by atoms with Crippen LogP contribution in [0.4, 0.5) is 5.69 Å². The molecule has 0 aliphatic carbocycles. The van der Waals surface area contributed by atoms with Crippen LogP contribution in [0.2, 0.25) is 0 Å². The van der Waals surface area contributed by atoms with Gasteiger partial charge in [0.25, 0.3) is 5.91 Å². The minimum atomic E-state index is -0.156. The van der Waals surface area contributed by atoms with Crippen LogP contribution in [0.3, 0.4) is 0 Å². The van der Waals surface area contributed by atoms with Crippen molar-refractivity contribution in [3.05, 3.63) is 71.9 Å². The van der Waals surface area contributed by atoms with Gasteiger partial charge in [-0.25, -0.2) is 0 Å². The third kappa shape index (κ3) is 4.01. The van der Waals surface area contributed by atoms with E-state index in [-0.39, 0.29) is 18.2 Å². The Bertz CT molecular complexity index is 916. The quantitative estimate of drug-likeness (QED) is 0.753. The Morgan fingerprint density at radius 1 is 1.04 bits per heavy atom. The van der Waals surface area contributed by atoms with Gasteiger partial charge in [0.05, 0.1) is 11.9 Å². The van der Waals surface area contributed by atoms with E-state index < -0.39 is 0 Å². The molecule has 2 aromatic carbocycles. The summed E-state index contributed by atoms with van der Waals surface area (Å²) in [5.74, 6) is -0.303. The molecule has 0 aliphatic heterocycles. The second kappa shape index (κ2) is 7.57. The van der Waals surface area contributed by atoms with Gasteiger partial charge in [-0.3, -0.25) is 14.6 Å². The van der Waals surface area contributed by atoms with E-state index in [2.05, 4.69) is 15.6 Å². The van der Waals surface area contributed by atoms with E-state index in [1.807, 2.05) is 37.3 Å². The molecule has 3 aromatic rings. The molecule has 2 N–H and O–H groups in total. The van der Waals surface area contributed by atoms with Crippen molar-refractivity contribution in [2.24, 2.45) is 0 Å². The molecular weight excluding hydrogens is 314 g/mol. The van der Waals surface area contributed by atoms with Crippen LogP contribution in [-0.2, 0) is 11.2 Å². The first-order valence-electron chi connectivity index (χ1n) is 8.18. The van der Waals surface area contributed by atoms with Gasteiger partial charge in [0.1, 0.15) is 0 Å². The molecular formula is C20H19N3O2. The Hall–Kier alpha value is -3.21. The van der Waals surface area contributed by atoms with Crippen LogP contribution in [0.25, 0.3) is 10.9 Å². The Morgan fingerprint density at radius 2 is 1.84 bits per heavy atom. The number of benzene rings is 2. The van der Waals surface area contributed by atoms with Crippen LogP contribution in [0, 0.1) is 0 Å². The van der Waals surface area contributed by atoms with E-state index in [0.717, 1.165) is 16.5 Å². The minimum absolute atomic E-state index is 0.147. The minimum Gasteiger partial charge on any atom is -0.352 e. The monoisotopic (exact) mass is 333 g/mol. The molecule has 0 saturated carbocycles. The first kappa shape index (κ1) is 16.6. The lowest BCUT2D eigenvalue weighted by Crippen LogP contribution is -2.23. The summed E-state index contributed by atoms with van der Waals surface area (Å²) in [6, 6.07) is 16.5. The predicted molar refractivity (Wildman–Crippen MR) is 98.5 cm³/mol. The normalized spacial score (nSPS) is 10.4. The van der Waals surface area contributed by atoms with Gasteiger partial charge in [-0.15, -0.1) is 0 Å². The predicted octanol–water partition coefficient (Wildman–Crippen LogP) is 3.17. The number of amides is 2. The lowest BCUT2D eigenvalue weighted by atomic mass is 10.1. The van der Waals surface area contributed by atoms with Crippen LogP contribution in [-0.4, -0.2) is 23.3 Å². The van der Waals surface area contributed by atoms with Gasteiger partial charge in [-0.1, -0.05) is 30.3 Å². The van der Waals surface area contributed by atoms with Crippen molar-refractivity contribution in [1.29, 1.82) is 0 Å². The molecule has 1 aromatic heterocycles. The van der Waals surface area contributed by atoms with E-state index in [1.165, 1.54) is 0 Å². The molecule has 0 unspecified atom stereocenters. The van der Waals surface area contributed by atoms with Gasteiger partial charge >= 0.3 is 0 Å². The zero-order valence-corrected chi connectivity index (χ0v) is 14.0. The van der Waals surface area contributed by atoms with Crippen LogP contribution >= 0.6 is 0 Å². The summed E-state index contributed by atoms with van der Waals surface area (Å²) >= 11 is 0. The van der Waals surface area contributed by atoms with E-state index in [4.69, 9.17) is 0 Å². The fourth-order valence-electron chi connectivity index (χ4n) is 2.69. The molecule has 0 radical (unpaired) electrons. The molecule has 2 amide bonds. The lowest BCUT2D eigenvalue weighted by Gasteiger charge is -2.09. The molecule has 1 heterocycles. The molecule has 25 heavy (non-hydrogen) atoms. The maximum atomic E-state index is 12.4. The summed E-state index contributed by atoms with van der Waals surface area (Å²) in [5, 5.41) is 6.59. The highest BCUT2D eigenvalue weighted by Gasteiger charge is 2.10. The van der Waals surface area contributed by atoms with Gasteiger partial charge in [-0.2, -0.15) is 0 Å². The molecule has 126 valence electrons. The van der Waals surface area contributed by atoms with Crippen LogP contribution in [0.1, 0.15) is 22.8 Å². The highest BCUT2D eigenvalue weighted by molar-refractivity contribution is 5.98. The number of nitrogens with zero attached hydrogens (tertiary/aromatic N) is 1. The highest BCUT2D eigenvalue weighted by atomic mass is 16.2. The summed E-state index contributed by atoms with van der Waals surface area (Å²) < 4.78 is 0. The molecule has 0 fully saturated rings. The molecule has 0 aliphatic rings. The Labute approximate surface area is 146 Å². The Kier molecular flexibility index (Phi) is 5.04. The average molecular weight is 333 g/mol. The largest absolute Gasteiger partial charge is 0.352 e. The summed E-state index contributed by atoms with van der Waals surface area (Å²) in [4.78, 5) is 28.6. The summed E-state index contributed by atoms with van der Waals surface area (Å²) in [6.07, 6.45) is 1.94. The van der Waals surface area contributed by atoms with Gasteiger partial charge in [0.2, 0.25) is 5.91 Å². The average Bonchev–Trinajstić information content (AvgIpc) is 2.62. The standard InChI is InChI=1S/C20H19N3O2/c1-2-21-20(25)16-8-4-10-17(12-16)23-18(24)13-15-7-3-6-14-9-5-11-22-19(14)15/h3-12H,2,13H2,1H3,(H,21,25)(H,23,24). The van der Waals surface area contributed by atoms with Crippen molar-refractivity contribution in [2.75, 3.05) is 11.9 Å². The molecule has 0 saturated heterocycles. The highest BCUT2D eigenvalue weighted by Crippen LogP contribution is 2.17. The molecule has 5 nitrogen and oxygen atoms in total. The number of anilines is 1. The number of hydrogen-bond acceptors (Lipinski definition) is 3. The van der Waals surface area contributed by atoms with Gasteiger partial charge in [0, 0.05) is 29.4 Å². The van der Waals surface area contributed by atoms with Crippen molar-refractivity contribution in [2.45, 2.75) is 13.3 Å². The third-order valence-corrected chi connectivity index (χ3v) is 3.81. The fourth-order valence-corrected chi connectivity index (χ4v) is 2.69. The van der Waals surface area contributed by atoms with Crippen molar-refractivity contribution in [3.63, 3.8) is 0 Å². The SMILES string of the molecule is CCNC(=O)c1cccc(NC(=O)Cc2cccc3cccnc23)c1. The van der Waals surface area contributed by atoms with Gasteiger partial charge in [0.15, 0.2) is 0 Å². The van der Waals surface area contributed by atoms with E-state index in [1.54, 1.807) is 30.5 Å². The van der Waals surface area contributed by atoms with Crippen LogP contribution < -0.4 is 10.6 Å². The molecule has 0 spiro atoms. The Morgan fingerprint density at radius 3 is 2.68 bits per heavy atom. The van der Waals surface area contributed by atoms with E-state index in [0.29, 0.717) is 17.8 Å². The number of nitrogens with one attached hydrogen (secondary N) is 2. The lowest BCUT2D eigenvalue weighted by molar-refractivity contribution is -0.115. The second-order valence-electron chi connectivity index (χ2n) is 5.66. The molecule has 0 atom stereocenters. The number of carbonyl (C=O) groups excluding carboxylic acids is 2. The number of pyridine rings is 1. The van der Waals surface area contributed by atoms with Crippen molar-refractivity contribution >= 4 is 28.4 Å². The number of aromatic nitrogens is 1. The first-order chi connectivity index (χ1) is 12.2. The number of rotatable bonds is 5. The number of para-hydroxylation sites is 1. The van der Waals surface area contributed by atoms with Gasteiger partial charge in [-0.05, 0) is 36.8 Å². The maximum absolute atomic E-state index is 12.4. The molecule has 0 bridgehead atoms. The Balaban J connectivity index is 1.74. The summed E-state index contributed by atoms with van der Waals surface area (Å²) in [5.41, 5.74) is 2.82. The number of fused-ring (bicyclic) bond motifs is 1. The van der Waals surface area contributed by atoms with E-state index >= 15 is 0 Å². The van der Waals surface area contributed by atoms with Crippen molar-refractivity contribution in [1.82, 2.24) is 10.3 Å². The maximum Gasteiger partial charge on any atom is 0.251 e. The number of hydrogen-bond donors (Lipinski definition) is 2. The first-order valence-corrected chi connectivity index (χ1v) is 8.18. The molecule has 3 rings (SSSR count). The zero-order valence-electron chi connectivity index (χ0n) is 14.0. The fraction of sp³-hybridized carbons (Fsp3) is 0.150. The van der Waals surface area contributed by atoms with Crippen LogP contribution in [0.15, 0.2) is 60.8 Å². The summed E-state index contributed by atoms with van der Waals surface area (Å²) in [6.45, 7) is 2.42.